The fourth-order valence-electron chi connectivity index (χ4n) is 1.85. The van der Waals surface area contributed by atoms with Gasteiger partial charge in [0.1, 0.15) is 11.3 Å². The van der Waals surface area contributed by atoms with Gasteiger partial charge in [-0.15, -0.1) is 0 Å². The Balaban J connectivity index is 1.90. The van der Waals surface area contributed by atoms with E-state index in [1.54, 1.807) is 17.1 Å². The molecule has 6 nitrogen and oxygen atoms in total. The van der Waals surface area contributed by atoms with E-state index in [4.69, 9.17) is 5.11 Å². The van der Waals surface area contributed by atoms with Crippen molar-refractivity contribution in [1.29, 1.82) is 0 Å². The Labute approximate surface area is 109 Å². The van der Waals surface area contributed by atoms with Gasteiger partial charge in [-0.2, -0.15) is 5.10 Å². The highest BCUT2D eigenvalue weighted by molar-refractivity contribution is 5.72. The third-order valence-electron chi connectivity index (χ3n) is 2.70. The van der Waals surface area contributed by atoms with Crippen LogP contribution >= 0.6 is 0 Å². The number of aliphatic hydroxyl groups excluding tert-OH is 1. The van der Waals surface area contributed by atoms with Gasteiger partial charge >= 0.3 is 0 Å². The lowest BCUT2D eigenvalue weighted by atomic mass is 10.3. The minimum atomic E-state index is 0.0302. The molecule has 0 radical (unpaired) electrons. The van der Waals surface area contributed by atoms with Crippen LogP contribution in [0.4, 0.5) is 11.5 Å². The lowest BCUT2D eigenvalue weighted by Gasteiger charge is -2.05. The Hall–Kier alpha value is -2.47. The third-order valence-corrected chi connectivity index (χ3v) is 2.70. The zero-order chi connectivity index (χ0) is 13.1. The predicted octanol–water partition coefficient (Wildman–Crippen LogP) is 1.56. The quantitative estimate of drug-likeness (QED) is 0.740. The monoisotopic (exact) mass is 255 g/mol. The van der Waals surface area contributed by atoms with Gasteiger partial charge < -0.3 is 10.4 Å². The first-order chi connectivity index (χ1) is 9.36. The van der Waals surface area contributed by atoms with E-state index in [-0.39, 0.29) is 6.61 Å². The van der Waals surface area contributed by atoms with Crippen LogP contribution in [0.3, 0.4) is 0 Å². The van der Waals surface area contributed by atoms with E-state index in [9.17, 15) is 0 Å². The van der Waals surface area contributed by atoms with Gasteiger partial charge in [0, 0.05) is 5.69 Å². The van der Waals surface area contributed by atoms with E-state index in [0.717, 1.165) is 5.69 Å². The Kier molecular flexibility index (Phi) is 3.07. The number of anilines is 2. The normalized spacial score (nSPS) is 10.8. The topological polar surface area (TPSA) is 75.9 Å². The van der Waals surface area contributed by atoms with Crippen molar-refractivity contribution in [3.8, 4) is 0 Å². The Morgan fingerprint density at radius 2 is 2.00 bits per heavy atom. The highest BCUT2D eigenvalue weighted by atomic mass is 16.3. The maximum absolute atomic E-state index is 8.93. The molecule has 2 aromatic heterocycles. The largest absolute Gasteiger partial charge is 0.394 e. The minimum absolute atomic E-state index is 0.0302. The van der Waals surface area contributed by atoms with Crippen LogP contribution in [0.2, 0.25) is 0 Å². The van der Waals surface area contributed by atoms with Crippen molar-refractivity contribution < 1.29 is 5.11 Å². The van der Waals surface area contributed by atoms with Gasteiger partial charge in [-0.25, -0.2) is 14.6 Å². The number of fused-ring (bicyclic) bond motifs is 1. The van der Waals surface area contributed by atoms with Crippen molar-refractivity contribution in [2.45, 2.75) is 6.54 Å². The van der Waals surface area contributed by atoms with Crippen LogP contribution in [0.15, 0.2) is 42.7 Å². The summed E-state index contributed by atoms with van der Waals surface area (Å²) in [5, 5.41) is 16.2. The predicted molar refractivity (Wildman–Crippen MR) is 72.1 cm³/mol. The molecule has 0 fully saturated rings. The first kappa shape index (κ1) is 11.6. The number of nitrogens with one attached hydrogen (secondary N) is 1. The Morgan fingerprint density at radius 1 is 1.16 bits per heavy atom. The van der Waals surface area contributed by atoms with Crippen molar-refractivity contribution in [1.82, 2.24) is 19.7 Å². The number of hydrogen-bond donors (Lipinski definition) is 2. The summed E-state index contributed by atoms with van der Waals surface area (Å²) in [6.45, 7) is 0.451. The Morgan fingerprint density at radius 3 is 2.79 bits per heavy atom. The standard InChI is InChI=1S/C13H13N5O/c19-7-6-18-13-11(8-15-18)17-12(9-14-13)16-10-4-2-1-3-5-10/h1-5,8-9,19H,6-7H2,(H,16,17). The third kappa shape index (κ3) is 2.38. The molecule has 0 bridgehead atoms. The highest BCUT2D eigenvalue weighted by Crippen LogP contribution is 2.16. The summed E-state index contributed by atoms with van der Waals surface area (Å²) in [6, 6.07) is 9.78. The van der Waals surface area contributed by atoms with Gasteiger partial charge in [0.2, 0.25) is 0 Å². The SMILES string of the molecule is OCCn1ncc2nc(Nc3ccccc3)cnc21. The van der Waals surface area contributed by atoms with Crippen molar-refractivity contribution in [3.05, 3.63) is 42.7 Å². The lowest BCUT2D eigenvalue weighted by Crippen LogP contribution is -2.04. The summed E-state index contributed by atoms with van der Waals surface area (Å²) in [7, 11) is 0. The van der Waals surface area contributed by atoms with Crippen molar-refractivity contribution in [3.63, 3.8) is 0 Å². The van der Waals surface area contributed by atoms with Crippen LogP contribution in [0, 0.1) is 0 Å². The van der Waals surface area contributed by atoms with Gasteiger partial charge in [0.25, 0.3) is 0 Å². The number of para-hydroxylation sites is 1. The molecular weight excluding hydrogens is 242 g/mol. The molecule has 3 rings (SSSR count). The average molecular weight is 255 g/mol. The second kappa shape index (κ2) is 5.03. The smallest absolute Gasteiger partial charge is 0.177 e. The molecule has 0 saturated heterocycles. The molecule has 0 aliphatic heterocycles. The maximum atomic E-state index is 8.93. The average Bonchev–Trinajstić information content (AvgIpc) is 2.83. The van der Waals surface area contributed by atoms with E-state index in [1.807, 2.05) is 30.3 Å². The van der Waals surface area contributed by atoms with Crippen LogP contribution in [0.5, 0.6) is 0 Å². The number of benzene rings is 1. The van der Waals surface area contributed by atoms with Crippen LogP contribution in [-0.2, 0) is 6.54 Å². The zero-order valence-corrected chi connectivity index (χ0v) is 10.2. The molecule has 2 N–H and O–H groups in total. The van der Waals surface area contributed by atoms with Gasteiger partial charge in [-0.1, -0.05) is 18.2 Å². The molecule has 0 amide bonds. The summed E-state index contributed by atoms with van der Waals surface area (Å²) in [4.78, 5) is 8.76. The van der Waals surface area contributed by atoms with Gasteiger partial charge in [-0.05, 0) is 12.1 Å². The van der Waals surface area contributed by atoms with E-state index < -0.39 is 0 Å². The first-order valence-electron chi connectivity index (χ1n) is 5.98. The van der Waals surface area contributed by atoms with E-state index in [1.165, 1.54) is 0 Å². The van der Waals surface area contributed by atoms with Gasteiger partial charge in [-0.3, -0.25) is 0 Å². The molecule has 0 aliphatic rings. The molecule has 0 atom stereocenters. The summed E-state index contributed by atoms with van der Waals surface area (Å²) in [5.41, 5.74) is 2.33. The summed E-state index contributed by atoms with van der Waals surface area (Å²) in [6.07, 6.45) is 3.30. The number of nitrogens with zero attached hydrogens (tertiary/aromatic N) is 4. The molecule has 96 valence electrons. The molecular formula is C13H13N5O. The fraction of sp³-hybridized carbons (Fsp3) is 0.154. The molecule has 0 saturated carbocycles. The van der Waals surface area contributed by atoms with Crippen molar-refractivity contribution in [2.75, 3.05) is 11.9 Å². The van der Waals surface area contributed by atoms with Crippen LogP contribution in [-0.4, -0.2) is 31.5 Å². The minimum Gasteiger partial charge on any atom is -0.394 e. The molecule has 0 spiro atoms. The van der Waals surface area contributed by atoms with Crippen LogP contribution in [0.25, 0.3) is 11.2 Å². The highest BCUT2D eigenvalue weighted by Gasteiger charge is 2.06. The van der Waals surface area contributed by atoms with E-state index in [0.29, 0.717) is 23.5 Å². The van der Waals surface area contributed by atoms with Crippen LogP contribution < -0.4 is 5.32 Å². The molecule has 1 aromatic carbocycles. The second-order valence-corrected chi connectivity index (χ2v) is 4.05. The zero-order valence-electron chi connectivity index (χ0n) is 10.2. The van der Waals surface area contributed by atoms with Crippen LogP contribution in [0.1, 0.15) is 0 Å². The van der Waals surface area contributed by atoms with Gasteiger partial charge in [0.05, 0.1) is 25.5 Å². The maximum Gasteiger partial charge on any atom is 0.177 e. The fourth-order valence-corrected chi connectivity index (χ4v) is 1.85. The molecule has 2 heterocycles. The lowest BCUT2D eigenvalue weighted by molar-refractivity contribution is 0.271. The summed E-state index contributed by atoms with van der Waals surface area (Å²) in [5.74, 6) is 0.669. The van der Waals surface area contributed by atoms with Crippen molar-refractivity contribution in [2.24, 2.45) is 0 Å². The molecule has 19 heavy (non-hydrogen) atoms. The summed E-state index contributed by atoms with van der Waals surface area (Å²) >= 11 is 0. The first-order valence-corrected chi connectivity index (χ1v) is 5.98. The molecule has 3 aromatic rings. The molecule has 0 aliphatic carbocycles. The van der Waals surface area contributed by atoms with Gasteiger partial charge in [0.15, 0.2) is 5.65 Å². The number of hydrogen-bond acceptors (Lipinski definition) is 5. The molecule has 0 unspecified atom stereocenters. The van der Waals surface area contributed by atoms with Crippen molar-refractivity contribution >= 4 is 22.7 Å². The summed E-state index contributed by atoms with van der Waals surface area (Å²) < 4.78 is 1.63. The van der Waals surface area contributed by atoms with E-state index in [2.05, 4.69) is 20.4 Å². The molecule has 6 heteroatoms. The Bertz CT molecular complexity index is 680. The number of aromatic nitrogens is 4. The number of aliphatic hydroxyl groups is 1. The van der Waals surface area contributed by atoms with E-state index >= 15 is 0 Å². The second-order valence-electron chi connectivity index (χ2n) is 4.05. The number of rotatable bonds is 4.